The van der Waals surface area contributed by atoms with E-state index >= 15 is 0 Å². The molecular formula is C15H23N5O. The quantitative estimate of drug-likeness (QED) is 0.867. The van der Waals surface area contributed by atoms with Crippen molar-refractivity contribution in [3.8, 4) is 5.88 Å². The van der Waals surface area contributed by atoms with E-state index in [1.165, 1.54) is 0 Å². The third kappa shape index (κ3) is 3.22. The van der Waals surface area contributed by atoms with Crippen molar-refractivity contribution < 1.29 is 4.74 Å². The lowest BCUT2D eigenvalue weighted by Gasteiger charge is -2.27. The number of hydrogen-bond acceptors (Lipinski definition) is 5. The minimum absolute atomic E-state index is 0.0376. The van der Waals surface area contributed by atoms with Crippen LogP contribution in [0, 0.1) is 6.92 Å². The Balaban J connectivity index is 2.27. The first-order valence-corrected chi connectivity index (χ1v) is 6.96. The number of hydrogen-bond donors (Lipinski definition) is 1. The van der Waals surface area contributed by atoms with Crippen molar-refractivity contribution in [2.45, 2.75) is 19.5 Å². The predicted molar refractivity (Wildman–Crippen MR) is 82.0 cm³/mol. The number of aromatic nitrogens is 3. The molecule has 6 nitrogen and oxygen atoms in total. The molecule has 0 aliphatic heterocycles. The first-order valence-electron chi connectivity index (χ1n) is 6.96. The fourth-order valence-corrected chi connectivity index (χ4v) is 2.65. The van der Waals surface area contributed by atoms with E-state index in [9.17, 15) is 0 Å². The van der Waals surface area contributed by atoms with Gasteiger partial charge in [-0.05, 0) is 26.1 Å². The Morgan fingerprint density at radius 2 is 2.19 bits per heavy atom. The van der Waals surface area contributed by atoms with Gasteiger partial charge >= 0.3 is 0 Å². The number of pyridine rings is 1. The SMILES string of the molecule is COc1c(C(CN)N(C)Cc2ccccn2)c(C)nn1C. The van der Waals surface area contributed by atoms with Crippen LogP contribution in [0.3, 0.4) is 0 Å². The molecule has 2 N–H and O–H groups in total. The molecule has 0 amide bonds. The van der Waals surface area contributed by atoms with Gasteiger partial charge in [0, 0.05) is 26.3 Å². The van der Waals surface area contributed by atoms with Gasteiger partial charge in [0.2, 0.25) is 5.88 Å². The fraction of sp³-hybridized carbons (Fsp3) is 0.467. The Hall–Kier alpha value is -1.92. The summed E-state index contributed by atoms with van der Waals surface area (Å²) in [5.41, 5.74) is 9.00. The van der Waals surface area contributed by atoms with Crippen LogP contribution in [0.1, 0.15) is 23.0 Å². The van der Waals surface area contributed by atoms with Gasteiger partial charge in [-0.15, -0.1) is 0 Å². The van der Waals surface area contributed by atoms with E-state index in [2.05, 4.69) is 15.0 Å². The van der Waals surface area contributed by atoms with E-state index in [0.29, 0.717) is 6.54 Å². The molecule has 1 atom stereocenters. The second-order valence-electron chi connectivity index (χ2n) is 5.12. The van der Waals surface area contributed by atoms with Crippen LogP contribution in [0.25, 0.3) is 0 Å². The molecular weight excluding hydrogens is 266 g/mol. The summed E-state index contributed by atoms with van der Waals surface area (Å²) in [5, 5.41) is 4.43. The number of ether oxygens (including phenoxy) is 1. The van der Waals surface area contributed by atoms with Crippen LogP contribution < -0.4 is 10.5 Å². The average Bonchev–Trinajstić information content (AvgIpc) is 2.75. The van der Waals surface area contributed by atoms with Crippen LogP contribution in [-0.2, 0) is 13.6 Å². The first-order chi connectivity index (χ1) is 10.1. The normalized spacial score (nSPS) is 12.7. The highest BCUT2D eigenvalue weighted by Gasteiger charge is 2.25. The largest absolute Gasteiger partial charge is 0.481 e. The molecule has 0 aliphatic carbocycles. The highest BCUT2D eigenvalue weighted by atomic mass is 16.5. The predicted octanol–water partition coefficient (Wildman–Crippen LogP) is 1.26. The minimum atomic E-state index is 0.0376. The molecule has 0 bridgehead atoms. The van der Waals surface area contributed by atoms with E-state index in [1.807, 2.05) is 39.2 Å². The Labute approximate surface area is 125 Å². The summed E-state index contributed by atoms with van der Waals surface area (Å²) in [6.07, 6.45) is 1.80. The molecule has 2 rings (SSSR count). The molecule has 0 saturated carbocycles. The van der Waals surface area contributed by atoms with Gasteiger partial charge in [0.05, 0.1) is 30.1 Å². The zero-order valence-electron chi connectivity index (χ0n) is 13.1. The lowest BCUT2D eigenvalue weighted by molar-refractivity contribution is 0.231. The lowest BCUT2D eigenvalue weighted by atomic mass is 10.1. The van der Waals surface area contributed by atoms with E-state index in [1.54, 1.807) is 18.0 Å². The topological polar surface area (TPSA) is 69.2 Å². The average molecular weight is 289 g/mol. The highest BCUT2D eigenvalue weighted by Crippen LogP contribution is 2.31. The van der Waals surface area contributed by atoms with Gasteiger partial charge in [-0.25, -0.2) is 4.68 Å². The number of nitrogens with zero attached hydrogens (tertiary/aromatic N) is 4. The van der Waals surface area contributed by atoms with Gasteiger partial charge < -0.3 is 10.5 Å². The summed E-state index contributed by atoms with van der Waals surface area (Å²) in [5.74, 6) is 0.760. The van der Waals surface area contributed by atoms with Crippen LogP contribution in [-0.4, -0.2) is 40.4 Å². The second-order valence-corrected chi connectivity index (χ2v) is 5.12. The molecule has 0 radical (unpaired) electrons. The summed E-state index contributed by atoms with van der Waals surface area (Å²) in [4.78, 5) is 6.54. The van der Waals surface area contributed by atoms with Crippen molar-refractivity contribution in [2.24, 2.45) is 12.8 Å². The maximum Gasteiger partial charge on any atom is 0.216 e. The van der Waals surface area contributed by atoms with E-state index in [4.69, 9.17) is 10.5 Å². The Bertz CT molecular complexity index is 581. The van der Waals surface area contributed by atoms with Gasteiger partial charge in [0.15, 0.2) is 0 Å². The molecule has 0 aromatic carbocycles. The van der Waals surface area contributed by atoms with Crippen LogP contribution >= 0.6 is 0 Å². The summed E-state index contributed by atoms with van der Waals surface area (Å²) < 4.78 is 7.23. The van der Waals surface area contributed by atoms with Crippen LogP contribution in [0.5, 0.6) is 5.88 Å². The smallest absolute Gasteiger partial charge is 0.216 e. The molecule has 21 heavy (non-hydrogen) atoms. The van der Waals surface area contributed by atoms with Crippen molar-refractivity contribution in [3.63, 3.8) is 0 Å². The summed E-state index contributed by atoms with van der Waals surface area (Å²) in [7, 11) is 5.58. The maximum atomic E-state index is 6.01. The van der Waals surface area contributed by atoms with E-state index in [-0.39, 0.29) is 6.04 Å². The lowest BCUT2D eigenvalue weighted by Crippen LogP contribution is -2.31. The van der Waals surface area contributed by atoms with Gasteiger partial charge in [0.25, 0.3) is 0 Å². The van der Waals surface area contributed by atoms with E-state index < -0.39 is 0 Å². The molecule has 2 aromatic rings. The molecule has 0 saturated heterocycles. The maximum absolute atomic E-state index is 6.01. The van der Waals surface area contributed by atoms with Crippen molar-refractivity contribution in [3.05, 3.63) is 41.3 Å². The van der Waals surface area contributed by atoms with E-state index in [0.717, 1.165) is 29.4 Å². The third-order valence-corrected chi connectivity index (χ3v) is 3.63. The summed E-state index contributed by atoms with van der Waals surface area (Å²) >= 11 is 0. The van der Waals surface area contributed by atoms with Crippen molar-refractivity contribution in [2.75, 3.05) is 20.7 Å². The van der Waals surface area contributed by atoms with Crippen molar-refractivity contribution in [1.29, 1.82) is 0 Å². The minimum Gasteiger partial charge on any atom is -0.481 e. The molecule has 0 aliphatic rings. The molecule has 2 aromatic heterocycles. The molecule has 0 spiro atoms. The zero-order chi connectivity index (χ0) is 15.4. The number of likely N-dealkylation sites (N-methyl/N-ethyl adjacent to an activating group) is 1. The fourth-order valence-electron chi connectivity index (χ4n) is 2.65. The number of aryl methyl sites for hydroxylation is 2. The van der Waals surface area contributed by atoms with Gasteiger partial charge in [-0.3, -0.25) is 9.88 Å². The molecule has 6 heteroatoms. The number of methoxy groups -OCH3 is 1. The third-order valence-electron chi connectivity index (χ3n) is 3.63. The molecule has 1 unspecified atom stereocenters. The second kappa shape index (κ2) is 6.69. The standard InChI is InChI=1S/C15H23N5O/c1-11-14(15(21-4)20(3)18-11)13(9-16)19(2)10-12-7-5-6-8-17-12/h5-8,13H,9-10,16H2,1-4H3. The molecule has 0 fully saturated rings. The van der Waals surface area contributed by atoms with Gasteiger partial charge in [-0.1, -0.05) is 6.07 Å². The van der Waals surface area contributed by atoms with Crippen LogP contribution in [0.15, 0.2) is 24.4 Å². The number of nitrogens with two attached hydrogens (primary N) is 1. The molecule has 114 valence electrons. The number of rotatable bonds is 6. The molecule has 2 heterocycles. The van der Waals surface area contributed by atoms with Crippen LogP contribution in [0.2, 0.25) is 0 Å². The highest BCUT2D eigenvalue weighted by molar-refractivity contribution is 5.34. The first kappa shape index (κ1) is 15.5. The Kier molecular flexibility index (Phi) is 4.93. The summed E-state index contributed by atoms with van der Waals surface area (Å²) in [6, 6.07) is 5.95. The summed E-state index contributed by atoms with van der Waals surface area (Å²) in [6.45, 7) is 3.20. The Morgan fingerprint density at radius 3 is 2.76 bits per heavy atom. The Morgan fingerprint density at radius 1 is 1.43 bits per heavy atom. The van der Waals surface area contributed by atoms with Gasteiger partial charge in [0.1, 0.15) is 0 Å². The monoisotopic (exact) mass is 289 g/mol. The van der Waals surface area contributed by atoms with Crippen molar-refractivity contribution >= 4 is 0 Å². The van der Waals surface area contributed by atoms with Crippen molar-refractivity contribution in [1.82, 2.24) is 19.7 Å². The van der Waals surface area contributed by atoms with Crippen LogP contribution in [0.4, 0.5) is 0 Å². The zero-order valence-corrected chi connectivity index (χ0v) is 13.1. The van der Waals surface area contributed by atoms with Gasteiger partial charge in [-0.2, -0.15) is 5.10 Å².